The molecule has 1 fully saturated rings. The highest BCUT2D eigenvalue weighted by Gasteiger charge is 2.24. The first kappa shape index (κ1) is 16.1. The number of methoxy groups -OCH3 is 2. The molecule has 0 aliphatic heterocycles. The van der Waals surface area contributed by atoms with E-state index in [1.807, 2.05) is 6.92 Å². The first-order chi connectivity index (χ1) is 11.1. The van der Waals surface area contributed by atoms with E-state index in [1.165, 1.54) is 24.2 Å². The van der Waals surface area contributed by atoms with Crippen LogP contribution in [0, 0.1) is 6.92 Å². The quantitative estimate of drug-likeness (QED) is 0.909. The van der Waals surface area contributed by atoms with E-state index in [-0.39, 0.29) is 5.91 Å². The van der Waals surface area contributed by atoms with Crippen LogP contribution in [0.15, 0.2) is 0 Å². The fourth-order valence-electron chi connectivity index (χ4n) is 3.02. The maximum atomic E-state index is 12.6. The molecule has 2 aromatic heterocycles. The van der Waals surface area contributed by atoms with Crippen molar-refractivity contribution in [3.63, 3.8) is 0 Å². The van der Waals surface area contributed by atoms with Crippen molar-refractivity contribution in [2.45, 2.75) is 45.3 Å². The van der Waals surface area contributed by atoms with Crippen molar-refractivity contribution >= 4 is 27.5 Å². The van der Waals surface area contributed by atoms with E-state index in [2.05, 4.69) is 15.3 Å². The van der Waals surface area contributed by atoms with Crippen molar-refractivity contribution in [1.29, 1.82) is 0 Å². The third-order valence-electron chi connectivity index (χ3n) is 4.17. The second-order valence-electron chi connectivity index (χ2n) is 5.77. The average Bonchev–Trinajstić information content (AvgIpc) is 3.15. The Balaban J connectivity index is 1.97. The number of amides is 1. The van der Waals surface area contributed by atoms with Crippen LogP contribution in [0.2, 0.25) is 0 Å². The summed E-state index contributed by atoms with van der Waals surface area (Å²) in [6, 6.07) is 0.296. The van der Waals surface area contributed by atoms with Gasteiger partial charge >= 0.3 is 0 Å². The van der Waals surface area contributed by atoms with Crippen molar-refractivity contribution in [2.75, 3.05) is 14.2 Å². The molecule has 1 aliphatic rings. The fraction of sp³-hybridized carbons (Fsp3) is 0.562. The van der Waals surface area contributed by atoms with Crippen molar-refractivity contribution < 1.29 is 14.3 Å². The zero-order valence-corrected chi connectivity index (χ0v) is 14.5. The summed E-state index contributed by atoms with van der Waals surface area (Å²) in [6.07, 6.45) is 4.51. The second kappa shape index (κ2) is 6.80. The summed E-state index contributed by atoms with van der Waals surface area (Å²) in [7, 11) is 3.17. The van der Waals surface area contributed by atoms with Gasteiger partial charge in [0.1, 0.15) is 11.4 Å². The largest absolute Gasteiger partial charge is 0.480 e. The fourth-order valence-corrected chi connectivity index (χ4v) is 4.12. The van der Waals surface area contributed by atoms with Gasteiger partial charge in [0, 0.05) is 13.2 Å². The molecule has 0 radical (unpaired) electrons. The van der Waals surface area contributed by atoms with Gasteiger partial charge in [0.05, 0.1) is 17.4 Å². The van der Waals surface area contributed by atoms with Gasteiger partial charge in [-0.15, -0.1) is 11.3 Å². The highest BCUT2D eigenvalue weighted by Crippen LogP contribution is 2.35. The van der Waals surface area contributed by atoms with Gasteiger partial charge in [-0.25, -0.2) is 4.98 Å². The molecular formula is C16H21N3O3S. The zero-order chi connectivity index (χ0) is 16.4. The second-order valence-corrected chi connectivity index (χ2v) is 6.77. The van der Waals surface area contributed by atoms with Crippen LogP contribution in [0.5, 0.6) is 5.88 Å². The molecule has 6 nitrogen and oxygen atoms in total. The molecule has 0 bridgehead atoms. The normalized spacial score (nSPS) is 15.3. The molecule has 3 rings (SSSR count). The van der Waals surface area contributed by atoms with Gasteiger partial charge in [-0.1, -0.05) is 12.8 Å². The Hall–Kier alpha value is -1.73. The third-order valence-corrected chi connectivity index (χ3v) is 5.35. The molecular weight excluding hydrogens is 314 g/mol. The van der Waals surface area contributed by atoms with E-state index in [0.29, 0.717) is 29.2 Å². The molecule has 0 saturated heterocycles. The Morgan fingerprint density at radius 1 is 1.30 bits per heavy atom. The number of nitrogens with one attached hydrogen (secondary N) is 1. The summed E-state index contributed by atoms with van der Waals surface area (Å²) in [5.74, 6) is 1.03. The van der Waals surface area contributed by atoms with Gasteiger partial charge in [-0.3, -0.25) is 4.79 Å². The molecule has 1 amide bonds. The number of ether oxygens (including phenoxy) is 2. The predicted molar refractivity (Wildman–Crippen MR) is 89.1 cm³/mol. The van der Waals surface area contributed by atoms with Gasteiger partial charge in [0.15, 0.2) is 5.82 Å². The molecule has 0 aromatic carbocycles. The molecule has 2 heterocycles. The minimum atomic E-state index is -0.0206. The summed E-state index contributed by atoms with van der Waals surface area (Å²) < 4.78 is 10.5. The van der Waals surface area contributed by atoms with E-state index >= 15 is 0 Å². The standard InChI is InChI=1S/C16H21N3O3S/c1-9-12-15(22-3)18-11(8-21-2)19-16(12)23-13(9)14(20)17-10-6-4-5-7-10/h10H,4-8H2,1-3H3,(H,17,20). The summed E-state index contributed by atoms with van der Waals surface area (Å²) in [5, 5.41) is 3.95. The lowest BCUT2D eigenvalue weighted by Crippen LogP contribution is -2.32. The van der Waals surface area contributed by atoms with Crippen molar-refractivity contribution in [1.82, 2.24) is 15.3 Å². The average molecular weight is 335 g/mol. The maximum Gasteiger partial charge on any atom is 0.261 e. The lowest BCUT2D eigenvalue weighted by atomic mass is 10.2. The van der Waals surface area contributed by atoms with Crippen molar-refractivity contribution in [2.24, 2.45) is 0 Å². The Labute approximate surface area is 139 Å². The number of hydrogen-bond acceptors (Lipinski definition) is 6. The van der Waals surface area contributed by atoms with Gasteiger partial charge < -0.3 is 14.8 Å². The maximum absolute atomic E-state index is 12.6. The number of thiophene rings is 1. The predicted octanol–water partition coefficient (Wildman–Crippen LogP) is 2.83. The van der Waals surface area contributed by atoms with Crippen LogP contribution in [0.25, 0.3) is 10.2 Å². The smallest absolute Gasteiger partial charge is 0.261 e. The lowest BCUT2D eigenvalue weighted by molar-refractivity contribution is 0.0941. The number of aromatic nitrogens is 2. The Kier molecular flexibility index (Phi) is 4.77. The van der Waals surface area contributed by atoms with E-state index in [4.69, 9.17) is 9.47 Å². The van der Waals surface area contributed by atoms with Gasteiger partial charge in [0.2, 0.25) is 5.88 Å². The van der Waals surface area contributed by atoms with Crippen LogP contribution < -0.4 is 10.1 Å². The molecule has 0 spiro atoms. The summed E-state index contributed by atoms with van der Waals surface area (Å²) in [4.78, 5) is 22.9. The minimum absolute atomic E-state index is 0.0206. The number of hydrogen-bond donors (Lipinski definition) is 1. The molecule has 0 atom stereocenters. The Morgan fingerprint density at radius 2 is 2.04 bits per heavy atom. The molecule has 1 aliphatic carbocycles. The number of carbonyl (C=O) groups excluding carboxylic acids is 1. The van der Waals surface area contributed by atoms with E-state index < -0.39 is 0 Å². The van der Waals surface area contributed by atoms with Crippen LogP contribution >= 0.6 is 11.3 Å². The molecule has 0 unspecified atom stereocenters. The van der Waals surface area contributed by atoms with Gasteiger partial charge in [-0.05, 0) is 25.3 Å². The minimum Gasteiger partial charge on any atom is -0.480 e. The van der Waals surface area contributed by atoms with E-state index in [0.717, 1.165) is 28.6 Å². The first-order valence-electron chi connectivity index (χ1n) is 7.77. The molecule has 124 valence electrons. The number of fused-ring (bicyclic) bond motifs is 1. The monoisotopic (exact) mass is 335 g/mol. The number of carbonyl (C=O) groups is 1. The van der Waals surface area contributed by atoms with Crippen LogP contribution in [0.4, 0.5) is 0 Å². The zero-order valence-electron chi connectivity index (χ0n) is 13.6. The third kappa shape index (κ3) is 3.16. The van der Waals surface area contributed by atoms with E-state index in [1.54, 1.807) is 14.2 Å². The lowest BCUT2D eigenvalue weighted by Gasteiger charge is -2.11. The number of nitrogens with zero attached hydrogens (tertiary/aromatic N) is 2. The molecule has 23 heavy (non-hydrogen) atoms. The topological polar surface area (TPSA) is 73.3 Å². The molecule has 2 aromatic rings. The van der Waals surface area contributed by atoms with Crippen molar-refractivity contribution in [3.05, 3.63) is 16.3 Å². The molecule has 1 N–H and O–H groups in total. The number of rotatable bonds is 5. The number of aryl methyl sites for hydroxylation is 1. The highest BCUT2D eigenvalue weighted by atomic mass is 32.1. The Morgan fingerprint density at radius 3 is 2.70 bits per heavy atom. The SMILES string of the molecule is COCc1nc(OC)c2c(C)c(C(=O)NC3CCCC3)sc2n1. The Bertz CT molecular complexity index is 723. The van der Waals surface area contributed by atoms with Gasteiger partial charge in [0.25, 0.3) is 5.91 Å². The van der Waals surface area contributed by atoms with Crippen LogP contribution in [-0.2, 0) is 11.3 Å². The molecule has 1 saturated carbocycles. The highest BCUT2D eigenvalue weighted by molar-refractivity contribution is 7.20. The van der Waals surface area contributed by atoms with E-state index in [9.17, 15) is 4.79 Å². The first-order valence-corrected chi connectivity index (χ1v) is 8.59. The van der Waals surface area contributed by atoms with Crippen LogP contribution in [0.3, 0.4) is 0 Å². The van der Waals surface area contributed by atoms with Gasteiger partial charge in [-0.2, -0.15) is 4.98 Å². The van der Waals surface area contributed by atoms with Crippen LogP contribution in [-0.4, -0.2) is 36.1 Å². The summed E-state index contributed by atoms with van der Waals surface area (Å²) >= 11 is 1.39. The van der Waals surface area contributed by atoms with Crippen LogP contribution in [0.1, 0.15) is 46.7 Å². The van der Waals surface area contributed by atoms with Crippen molar-refractivity contribution in [3.8, 4) is 5.88 Å². The summed E-state index contributed by atoms with van der Waals surface area (Å²) in [5.41, 5.74) is 0.876. The summed E-state index contributed by atoms with van der Waals surface area (Å²) in [6.45, 7) is 2.23. The molecule has 7 heteroatoms.